The van der Waals surface area contributed by atoms with Gasteiger partial charge in [0, 0.05) is 6.42 Å². The number of rotatable bonds is 6. The van der Waals surface area contributed by atoms with Crippen molar-refractivity contribution >= 4 is 5.97 Å². The van der Waals surface area contributed by atoms with Gasteiger partial charge in [-0.05, 0) is 29.2 Å². The molecule has 6 nitrogen and oxygen atoms in total. The second kappa shape index (κ2) is 7.00. The Morgan fingerprint density at radius 1 is 1.24 bits per heavy atom. The van der Waals surface area contributed by atoms with Gasteiger partial charge >= 0.3 is 5.97 Å². The number of aromatic nitrogens is 4. The molecule has 0 bridgehead atoms. The molecule has 1 fully saturated rings. The van der Waals surface area contributed by atoms with Crippen molar-refractivity contribution in [2.75, 3.05) is 0 Å². The molecule has 1 aromatic rings. The minimum Gasteiger partial charge on any atom is -0.479 e. The molecule has 0 spiro atoms. The summed E-state index contributed by atoms with van der Waals surface area (Å²) in [6.07, 6.45) is 9.31. The van der Waals surface area contributed by atoms with E-state index in [9.17, 15) is 9.90 Å². The highest BCUT2D eigenvalue weighted by atomic mass is 16.4. The van der Waals surface area contributed by atoms with Crippen LogP contribution < -0.4 is 0 Å². The van der Waals surface area contributed by atoms with Crippen LogP contribution in [0.15, 0.2) is 0 Å². The summed E-state index contributed by atoms with van der Waals surface area (Å²) in [6, 6.07) is 0. The van der Waals surface area contributed by atoms with E-state index < -0.39 is 11.5 Å². The lowest BCUT2D eigenvalue weighted by Crippen LogP contribution is -2.43. The standard InChI is InChI=1S/C15H26N4O2/c1-3-15(4-2,14(20)21)19-13(16-17-18-19)11-12-9-7-5-6-8-10-12/h12H,3-11H2,1-2H3,(H,20,21). The van der Waals surface area contributed by atoms with E-state index in [1.165, 1.54) is 38.5 Å². The first-order valence-electron chi connectivity index (χ1n) is 8.15. The van der Waals surface area contributed by atoms with Crippen LogP contribution in [0.1, 0.15) is 71.0 Å². The predicted octanol–water partition coefficient (Wildman–Crippen LogP) is 2.79. The zero-order valence-corrected chi connectivity index (χ0v) is 13.1. The Labute approximate surface area is 125 Å². The van der Waals surface area contributed by atoms with Gasteiger partial charge in [-0.1, -0.05) is 52.4 Å². The van der Waals surface area contributed by atoms with Crippen LogP contribution in [0.2, 0.25) is 0 Å². The Morgan fingerprint density at radius 3 is 2.38 bits per heavy atom. The molecular weight excluding hydrogens is 268 g/mol. The number of carboxylic acid groups (broad SMARTS) is 1. The van der Waals surface area contributed by atoms with Crippen molar-refractivity contribution in [3.05, 3.63) is 5.82 Å². The summed E-state index contributed by atoms with van der Waals surface area (Å²) in [5, 5.41) is 21.5. The van der Waals surface area contributed by atoms with Crippen molar-refractivity contribution < 1.29 is 9.90 Å². The minimum absolute atomic E-state index is 0.488. The molecule has 0 amide bonds. The van der Waals surface area contributed by atoms with Gasteiger partial charge in [0.25, 0.3) is 0 Å². The fourth-order valence-corrected chi connectivity index (χ4v) is 3.43. The molecule has 0 aromatic carbocycles. The van der Waals surface area contributed by atoms with Crippen molar-refractivity contribution in [3.63, 3.8) is 0 Å². The first-order valence-corrected chi connectivity index (χ1v) is 8.15. The molecule has 0 radical (unpaired) electrons. The van der Waals surface area contributed by atoms with Gasteiger partial charge in [0.05, 0.1) is 0 Å². The van der Waals surface area contributed by atoms with Gasteiger partial charge in [0.1, 0.15) is 0 Å². The van der Waals surface area contributed by atoms with Crippen molar-refractivity contribution in [1.29, 1.82) is 0 Å². The molecule has 0 aliphatic heterocycles. The number of nitrogens with zero attached hydrogens (tertiary/aromatic N) is 4. The van der Waals surface area contributed by atoms with Gasteiger partial charge in [0.15, 0.2) is 11.4 Å². The quantitative estimate of drug-likeness (QED) is 0.816. The molecule has 2 rings (SSSR count). The van der Waals surface area contributed by atoms with Gasteiger partial charge in [-0.15, -0.1) is 5.10 Å². The molecule has 0 atom stereocenters. The minimum atomic E-state index is -1.01. The van der Waals surface area contributed by atoms with Crippen LogP contribution in [0, 0.1) is 5.92 Å². The van der Waals surface area contributed by atoms with Gasteiger partial charge in [0.2, 0.25) is 0 Å². The zero-order valence-electron chi connectivity index (χ0n) is 13.1. The highest BCUT2D eigenvalue weighted by Gasteiger charge is 2.40. The van der Waals surface area contributed by atoms with E-state index in [-0.39, 0.29) is 0 Å². The first-order chi connectivity index (χ1) is 10.1. The Hall–Kier alpha value is -1.46. The molecule has 0 saturated heterocycles. The van der Waals surface area contributed by atoms with E-state index in [1.54, 1.807) is 4.68 Å². The van der Waals surface area contributed by atoms with Gasteiger partial charge in [-0.25, -0.2) is 9.48 Å². The van der Waals surface area contributed by atoms with E-state index in [4.69, 9.17) is 0 Å². The van der Waals surface area contributed by atoms with Gasteiger partial charge in [-0.3, -0.25) is 0 Å². The average molecular weight is 294 g/mol. The lowest BCUT2D eigenvalue weighted by Gasteiger charge is -2.28. The predicted molar refractivity (Wildman–Crippen MR) is 78.9 cm³/mol. The normalized spacial score (nSPS) is 17.6. The highest BCUT2D eigenvalue weighted by molar-refractivity contribution is 5.76. The molecule has 21 heavy (non-hydrogen) atoms. The summed E-state index contributed by atoms with van der Waals surface area (Å²) >= 11 is 0. The number of tetrazole rings is 1. The average Bonchev–Trinajstić information content (AvgIpc) is 2.77. The molecule has 1 saturated carbocycles. The summed E-state index contributed by atoms with van der Waals surface area (Å²) in [7, 11) is 0. The topological polar surface area (TPSA) is 80.9 Å². The van der Waals surface area contributed by atoms with Crippen molar-refractivity contribution in [2.45, 2.75) is 77.2 Å². The highest BCUT2D eigenvalue weighted by Crippen LogP contribution is 2.29. The van der Waals surface area contributed by atoms with Crippen LogP contribution in [0.4, 0.5) is 0 Å². The zero-order chi connectivity index (χ0) is 15.3. The maximum Gasteiger partial charge on any atom is 0.331 e. The number of aliphatic carboxylic acids is 1. The number of carboxylic acids is 1. The molecule has 1 aliphatic carbocycles. The Balaban J connectivity index is 2.22. The largest absolute Gasteiger partial charge is 0.479 e. The number of carbonyl (C=O) groups is 1. The summed E-state index contributed by atoms with van der Waals surface area (Å²) in [5.74, 6) is 0.465. The van der Waals surface area contributed by atoms with E-state index in [0.717, 1.165) is 12.2 Å². The van der Waals surface area contributed by atoms with Crippen molar-refractivity contribution in [1.82, 2.24) is 20.2 Å². The summed E-state index contributed by atoms with van der Waals surface area (Å²) in [5.41, 5.74) is -1.01. The monoisotopic (exact) mass is 294 g/mol. The maximum atomic E-state index is 11.8. The van der Waals surface area contributed by atoms with E-state index in [2.05, 4.69) is 15.5 Å². The maximum absolute atomic E-state index is 11.8. The molecule has 1 heterocycles. The molecule has 1 aromatic heterocycles. The van der Waals surface area contributed by atoms with Gasteiger partial charge in [-0.2, -0.15) is 0 Å². The van der Waals surface area contributed by atoms with E-state index in [0.29, 0.717) is 18.8 Å². The third kappa shape index (κ3) is 3.24. The van der Waals surface area contributed by atoms with E-state index >= 15 is 0 Å². The molecule has 118 valence electrons. The van der Waals surface area contributed by atoms with Crippen LogP contribution in [-0.4, -0.2) is 31.3 Å². The van der Waals surface area contributed by atoms with Crippen molar-refractivity contribution in [2.24, 2.45) is 5.92 Å². The third-order valence-electron chi connectivity index (χ3n) is 4.95. The van der Waals surface area contributed by atoms with Crippen LogP contribution in [0.25, 0.3) is 0 Å². The molecule has 1 N–H and O–H groups in total. The van der Waals surface area contributed by atoms with Crippen LogP contribution in [0.3, 0.4) is 0 Å². The summed E-state index contributed by atoms with van der Waals surface area (Å²) in [4.78, 5) is 11.8. The summed E-state index contributed by atoms with van der Waals surface area (Å²) < 4.78 is 1.57. The van der Waals surface area contributed by atoms with Crippen LogP contribution in [-0.2, 0) is 16.8 Å². The van der Waals surface area contributed by atoms with Gasteiger partial charge < -0.3 is 5.11 Å². The SMILES string of the molecule is CCC(CC)(C(=O)O)n1nnnc1CC1CCCCCC1. The second-order valence-corrected chi connectivity index (χ2v) is 6.11. The van der Waals surface area contributed by atoms with Crippen LogP contribution >= 0.6 is 0 Å². The Bertz CT molecular complexity index is 460. The molecule has 1 aliphatic rings. The lowest BCUT2D eigenvalue weighted by atomic mass is 9.91. The fraction of sp³-hybridized carbons (Fsp3) is 0.867. The van der Waals surface area contributed by atoms with E-state index in [1.807, 2.05) is 13.8 Å². The Morgan fingerprint density at radius 2 is 1.86 bits per heavy atom. The lowest BCUT2D eigenvalue weighted by molar-refractivity contribution is -0.149. The van der Waals surface area contributed by atoms with Crippen LogP contribution in [0.5, 0.6) is 0 Å². The fourth-order valence-electron chi connectivity index (χ4n) is 3.43. The second-order valence-electron chi connectivity index (χ2n) is 6.11. The third-order valence-corrected chi connectivity index (χ3v) is 4.95. The van der Waals surface area contributed by atoms with Crippen molar-refractivity contribution in [3.8, 4) is 0 Å². The molecule has 0 unspecified atom stereocenters. The molecular formula is C15H26N4O2. The summed E-state index contributed by atoms with van der Waals surface area (Å²) in [6.45, 7) is 3.77. The number of hydrogen-bond acceptors (Lipinski definition) is 4. The molecule has 6 heteroatoms. The Kier molecular flexibility index (Phi) is 5.31. The smallest absolute Gasteiger partial charge is 0.331 e. The number of hydrogen-bond donors (Lipinski definition) is 1. The first kappa shape index (κ1) is 15.9.